The Morgan fingerprint density at radius 1 is 1.59 bits per heavy atom. The van der Waals surface area contributed by atoms with Gasteiger partial charge >= 0.3 is 5.97 Å². The van der Waals surface area contributed by atoms with Crippen molar-refractivity contribution in [3.8, 4) is 0 Å². The molecule has 6 heteroatoms. The number of nitrogens with zero attached hydrogens (tertiary/aromatic N) is 2. The van der Waals surface area contributed by atoms with Gasteiger partial charge in [-0.25, -0.2) is 4.79 Å². The smallest absolute Gasteiger partial charge is 0.339 e. The topological polar surface area (TPSA) is 84.2 Å². The lowest BCUT2D eigenvalue weighted by Crippen LogP contribution is -2.26. The minimum absolute atomic E-state index is 0.00229. The minimum atomic E-state index is -0.990. The van der Waals surface area contributed by atoms with Crippen LogP contribution in [0.4, 0.5) is 0 Å². The average molecular weight is 237 g/mol. The number of rotatable bonds is 5. The lowest BCUT2D eigenvalue weighted by Gasteiger charge is -2.02. The Bertz CT molecular complexity index is 449. The number of carboxylic acids is 1. The predicted octanol–water partition coefficient (Wildman–Crippen LogP) is 0.558. The number of aromatic nitrogens is 2. The Labute approximate surface area is 98.6 Å². The van der Waals surface area contributed by atoms with Gasteiger partial charge in [-0.15, -0.1) is 0 Å². The molecule has 1 aliphatic carbocycles. The molecule has 0 aromatic carbocycles. The van der Waals surface area contributed by atoms with Gasteiger partial charge < -0.3 is 10.4 Å². The summed E-state index contributed by atoms with van der Waals surface area (Å²) >= 11 is 0. The van der Waals surface area contributed by atoms with Crippen molar-refractivity contribution < 1.29 is 14.7 Å². The Balaban J connectivity index is 1.87. The van der Waals surface area contributed by atoms with Crippen LogP contribution in [0.2, 0.25) is 0 Å². The maximum Gasteiger partial charge on any atom is 0.339 e. The van der Waals surface area contributed by atoms with Crippen molar-refractivity contribution in [2.24, 2.45) is 0 Å². The van der Waals surface area contributed by atoms with E-state index in [4.69, 9.17) is 5.11 Å². The third-order valence-electron chi connectivity index (χ3n) is 2.69. The van der Waals surface area contributed by atoms with Crippen LogP contribution >= 0.6 is 0 Å². The van der Waals surface area contributed by atoms with Gasteiger partial charge in [0, 0.05) is 25.2 Å². The monoisotopic (exact) mass is 237 g/mol. The molecule has 0 atom stereocenters. The molecular weight excluding hydrogens is 222 g/mol. The van der Waals surface area contributed by atoms with Gasteiger partial charge in [0.15, 0.2) is 0 Å². The first-order valence-corrected chi connectivity index (χ1v) is 5.63. The highest BCUT2D eigenvalue weighted by molar-refractivity contribution is 5.88. The average Bonchev–Trinajstić information content (AvgIpc) is 2.97. The molecule has 0 saturated heterocycles. The molecule has 1 amide bonds. The van der Waals surface area contributed by atoms with E-state index >= 15 is 0 Å². The molecule has 1 fully saturated rings. The van der Waals surface area contributed by atoms with E-state index in [0.717, 1.165) is 12.8 Å². The molecule has 0 bridgehead atoms. The molecular formula is C11H15N3O3. The molecule has 6 nitrogen and oxygen atoms in total. The van der Waals surface area contributed by atoms with Gasteiger partial charge in [-0.1, -0.05) is 0 Å². The van der Waals surface area contributed by atoms with Crippen molar-refractivity contribution in [2.45, 2.75) is 38.8 Å². The van der Waals surface area contributed by atoms with Crippen LogP contribution in [0.1, 0.15) is 35.3 Å². The number of nitrogens with one attached hydrogen (secondary N) is 1. The number of carbonyl (C=O) groups is 2. The Hall–Kier alpha value is -1.85. The number of amides is 1. The van der Waals surface area contributed by atoms with Gasteiger partial charge in [0.05, 0.1) is 5.69 Å². The molecule has 2 rings (SSSR count). The lowest BCUT2D eigenvalue weighted by atomic mass is 10.3. The molecule has 1 aromatic heterocycles. The molecule has 1 saturated carbocycles. The summed E-state index contributed by atoms with van der Waals surface area (Å²) in [6, 6.07) is 0.358. The summed E-state index contributed by atoms with van der Waals surface area (Å²) in [7, 11) is 0. The lowest BCUT2D eigenvalue weighted by molar-refractivity contribution is -0.121. The minimum Gasteiger partial charge on any atom is -0.478 e. The summed E-state index contributed by atoms with van der Waals surface area (Å²) in [5, 5.41) is 15.8. The van der Waals surface area contributed by atoms with Crippen molar-refractivity contribution in [2.75, 3.05) is 0 Å². The molecule has 0 unspecified atom stereocenters. The number of aromatic carboxylic acids is 1. The van der Waals surface area contributed by atoms with Crippen LogP contribution in [0.5, 0.6) is 0 Å². The molecule has 0 radical (unpaired) electrons. The van der Waals surface area contributed by atoms with Gasteiger partial charge in [-0.05, 0) is 19.8 Å². The van der Waals surface area contributed by atoms with Crippen LogP contribution < -0.4 is 5.32 Å². The molecule has 0 aliphatic heterocycles. The molecule has 17 heavy (non-hydrogen) atoms. The third kappa shape index (κ3) is 3.05. The Morgan fingerprint density at radius 3 is 2.82 bits per heavy atom. The van der Waals surface area contributed by atoms with Gasteiger partial charge in [-0.3, -0.25) is 9.48 Å². The highest BCUT2D eigenvalue weighted by atomic mass is 16.4. The fourth-order valence-electron chi connectivity index (χ4n) is 1.59. The van der Waals surface area contributed by atoms with Gasteiger partial charge in [0.25, 0.3) is 0 Å². The zero-order chi connectivity index (χ0) is 12.4. The van der Waals surface area contributed by atoms with Crippen LogP contribution in [0.3, 0.4) is 0 Å². The summed E-state index contributed by atoms with van der Waals surface area (Å²) in [6.45, 7) is 2.05. The number of carboxylic acid groups (broad SMARTS) is 1. The summed E-state index contributed by atoms with van der Waals surface area (Å²) in [6.07, 6.45) is 3.92. The largest absolute Gasteiger partial charge is 0.478 e. The van der Waals surface area contributed by atoms with Crippen LogP contribution in [0.25, 0.3) is 0 Å². The first-order valence-electron chi connectivity index (χ1n) is 5.63. The molecule has 1 aliphatic rings. The summed E-state index contributed by atoms with van der Waals surface area (Å²) in [5.74, 6) is -0.992. The second-order valence-electron chi connectivity index (χ2n) is 4.29. The van der Waals surface area contributed by atoms with Crippen molar-refractivity contribution in [3.05, 3.63) is 17.5 Å². The van der Waals surface area contributed by atoms with Gasteiger partial charge in [0.2, 0.25) is 5.91 Å². The van der Waals surface area contributed by atoms with E-state index < -0.39 is 5.97 Å². The van der Waals surface area contributed by atoms with Crippen molar-refractivity contribution in [1.29, 1.82) is 0 Å². The van der Waals surface area contributed by atoms with E-state index in [2.05, 4.69) is 10.4 Å². The maximum atomic E-state index is 11.4. The van der Waals surface area contributed by atoms with E-state index in [-0.39, 0.29) is 11.5 Å². The summed E-state index contributed by atoms with van der Waals surface area (Å²) in [4.78, 5) is 22.2. The zero-order valence-corrected chi connectivity index (χ0v) is 9.64. The first-order chi connectivity index (χ1) is 8.06. The van der Waals surface area contributed by atoms with E-state index in [1.165, 1.54) is 10.9 Å². The van der Waals surface area contributed by atoms with Gasteiger partial charge in [-0.2, -0.15) is 5.10 Å². The third-order valence-corrected chi connectivity index (χ3v) is 2.69. The Kier molecular flexibility index (Phi) is 3.12. The van der Waals surface area contributed by atoms with Gasteiger partial charge in [0.1, 0.15) is 5.56 Å². The molecule has 0 spiro atoms. The second-order valence-corrected chi connectivity index (χ2v) is 4.29. The molecule has 1 aromatic rings. The number of carbonyl (C=O) groups excluding carboxylic acids is 1. The van der Waals surface area contributed by atoms with Crippen LogP contribution in [-0.2, 0) is 11.3 Å². The van der Waals surface area contributed by atoms with Crippen LogP contribution in [-0.4, -0.2) is 32.8 Å². The number of hydrogen-bond donors (Lipinski definition) is 2. The standard InChI is InChI=1S/C11H15N3O3/c1-7-9(11(16)17)6-14(13-7)5-4-10(15)12-8-2-3-8/h6,8H,2-5H2,1H3,(H,12,15)(H,16,17). The van der Waals surface area contributed by atoms with E-state index in [9.17, 15) is 9.59 Å². The quantitative estimate of drug-likeness (QED) is 0.783. The van der Waals surface area contributed by atoms with Crippen LogP contribution in [0, 0.1) is 6.92 Å². The van der Waals surface area contributed by atoms with Crippen LogP contribution in [0.15, 0.2) is 6.20 Å². The molecule has 92 valence electrons. The van der Waals surface area contributed by atoms with E-state index in [0.29, 0.717) is 24.7 Å². The number of aryl methyl sites for hydroxylation is 2. The van der Waals surface area contributed by atoms with Crippen molar-refractivity contribution >= 4 is 11.9 Å². The zero-order valence-electron chi connectivity index (χ0n) is 9.64. The highest BCUT2D eigenvalue weighted by Crippen LogP contribution is 2.18. The molecule has 2 N–H and O–H groups in total. The SMILES string of the molecule is Cc1nn(CCC(=O)NC2CC2)cc1C(=O)O. The van der Waals surface area contributed by atoms with Crippen molar-refractivity contribution in [3.63, 3.8) is 0 Å². The summed E-state index contributed by atoms with van der Waals surface area (Å²) < 4.78 is 1.51. The first kappa shape index (κ1) is 11.6. The van der Waals surface area contributed by atoms with E-state index in [1.54, 1.807) is 6.92 Å². The maximum absolute atomic E-state index is 11.4. The summed E-state index contributed by atoms with van der Waals surface area (Å²) in [5.41, 5.74) is 0.660. The predicted molar refractivity (Wildman–Crippen MR) is 59.7 cm³/mol. The fraction of sp³-hybridized carbons (Fsp3) is 0.545. The Morgan fingerprint density at radius 2 is 2.29 bits per heavy atom. The normalized spacial score (nSPS) is 14.6. The highest BCUT2D eigenvalue weighted by Gasteiger charge is 2.23. The molecule has 1 heterocycles. The number of hydrogen-bond acceptors (Lipinski definition) is 3. The van der Waals surface area contributed by atoms with E-state index in [1.807, 2.05) is 0 Å². The van der Waals surface area contributed by atoms with Crippen molar-refractivity contribution in [1.82, 2.24) is 15.1 Å². The fourth-order valence-corrected chi connectivity index (χ4v) is 1.59. The second kappa shape index (κ2) is 4.57.